The number of phenols is 2. The van der Waals surface area contributed by atoms with Crippen molar-refractivity contribution in [3.05, 3.63) is 59.7 Å². The van der Waals surface area contributed by atoms with Gasteiger partial charge in [0.25, 0.3) is 0 Å². The summed E-state index contributed by atoms with van der Waals surface area (Å²) in [6.45, 7) is 6.62. The van der Waals surface area contributed by atoms with E-state index < -0.39 is 0 Å². The Morgan fingerprint density at radius 2 is 1.03 bits per heavy atom. The normalized spacial score (nSPS) is 20.8. The molecule has 2 aliphatic heterocycles. The highest BCUT2D eigenvalue weighted by Crippen LogP contribution is 2.29. The molecule has 2 saturated heterocycles. The largest absolute Gasteiger partial charge is 0.508 e. The minimum absolute atomic E-state index is 0.156. The number of amides is 2. The zero-order valence-electron chi connectivity index (χ0n) is 19.0. The van der Waals surface area contributed by atoms with Gasteiger partial charge in [-0.1, -0.05) is 24.3 Å². The summed E-state index contributed by atoms with van der Waals surface area (Å²) in [5.41, 5.74) is 2.42. The third kappa shape index (κ3) is 6.49. The number of hydrogen-bond donors (Lipinski definition) is 2. The first-order valence-electron chi connectivity index (χ1n) is 11.4. The van der Waals surface area contributed by atoms with Crippen molar-refractivity contribution in [2.75, 3.05) is 26.2 Å². The molecule has 32 heavy (non-hydrogen) atoms. The Kier molecular flexibility index (Phi) is 8.14. The van der Waals surface area contributed by atoms with E-state index in [4.69, 9.17) is 0 Å². The van der Waals surface area contributed by atoms with Crippen LogP contribution in [0.5, 0.6) is 11.5 Å². The standard InChI is InChI=1S/2C13H17NO2/c2*1-10(15)14-8-2-3-12(9-14)11-4-6-13(16)7-5-11/h2*4-7,12,16H,2-3,8-9H2,1H3/t2*12-/m10/s1. The summed E-state index contributed by atoms with van der Waals surface area (Å²) in [7, 11) is 0. The lowest BCUT2D eigenvalue weighted by Gasteiger charge is -2.32. The Morgan fingerprint density at radius 3 is 1.34 bits per heavy atom. The third-order valence-electron chi connectivity index (χ3n) is 6.46. The van der Waals surface area contributed by atoms with Gasteiger partial charge < -0.3 is 20.0 Å². The number of carbonyl (C=O) groups excluding carboxylic acids is 2. The SMILES string of the molecule is CC(=O)N1CCC[C@@H](c2ccc(O)cc2)C1.CC(=O)N1CCC[C@H](c2ccc(O)cc2)C1. The van der Waals surface area contributed by atoms with Gasteiger partial charge >= 0.3 is 0 Å². The van der Waals surface area contributed by atoms with Crippen molar-refractivity contribution in [3.63, 3.8) is 0 Å². The smallest absolute Gasteiger partial charge is 0.219 e. The van der Waals surface area contributed by atoms with Gasteiger partial charge in [0, 0.05) is 51.9 Å². The first-order chi connectivity index (χ1) is 15.3. The van der Waals surface area contributed by atoms with Crippen molar-refractivity contribution in [1.29, 1.82) is 0 Å². The fourth-order valence-corrected chi connectivity index (χ4v) is 4.56. The molecule has 2 N–H and O–H groups in total. The second-order valence-corrected chi connectivity index (χ2v) is 8.79. The van der Waals surface area contributed by atoms with Crippen LogP contribution in [0.25, 0.3) is 0 Å². The Hall–Kier alpha value is -3.02. The van der Waals surface area contributed by atoms with Crippen molar-refractivity contribution in [3.8, 4) is 11.5 Å². The molecule has 2 heterocycles. The summed E-state index contributed by atoms with van der Waals surface area (Å²) in [6.07, 6.45) is 4.36. The van der Waals surface area contributed by atoms with Crippen LogP contribution in [0.3, 0.4) is 0 Å². The number of benzene rings is 2. The van der Waals surface area contributed by atoms with Crippen molar-refractivity contribution >= 4 is 11.8 Å². The van der Waals surface area contributed by atoms with Crippen molar-refractivity contribution in [2.45, 2.75) is 51.4 Å². The molecule has 0 radical (unpaired) electrons. The van der Waals surface area contributed by atoms with Crippen LogP contribution in [-0.4, -0.2) is 58.0 Å². The molecule has 0 spiro atoms. The van der Waals surface area contributed by atoms with E-state index in [1.165, 1.54) is 11.1 Å². The highest BCUT2D eigenvalue weighted by atomic mass is 16.3. The maximum absolute atomic E-state index is 11.3. The lowest BCUT2D eigenvalue weighted by atomic mass is 9.90. The van der Waals surface area contributed by atoms with Gasteiger partial charge in [0.05, 0.1) is 0 Å². The zero-order valence-corrected chi connectivity index (χ0v) is 19.0. The number of aromatic hydroxyl groups is 2. The molecular weight excluding hydrogens is 404 g/mol. The van der Waals surface area contributed by atoms with Gasteiger partial charge in [-0.25, -0.2) is 0 Å². The van der Waals surface area contributed by atoms with E-state index in [0.29, 0.717) is 23.3 Å². The highest BCUT2D eigenvalue weighted by Gasteiger charge is 2.23. The van der Waals surface area contributed by atoms with Gasteiger partial charge in [-0.05, 0) is 61.1 Å². The van der Waals surface area contributed by atoms with Crippen LogP contribution in [0, 0.1) is 0 Å². The fourth-order valence-electron chi connectivity index (χ4n) is 4.56. The van der Waals surface area contributed by atoms with Crippen LogP contribution >= 0.6 is 0 Å². The van der Waals surface area contributed by atoms with E-state index in [2.05, 4.69) is 0 Å². The Balaban J connectivity index is 0.000000181. The molecular formula is C26H34N2O4. The molecule has 0 unspecified atom stereocenters. The number of piperidine rings is 2. The van der Waals surface area contributed by atoms with E-state index in [1.807, 2.05) is 34.1 Å². The van der Waals surface area contributed by atoms with Crippen LogP contribution in [0.4, 0.5) is 0 Å². The highest BCUT2D eigenvalue weighted by molar-refractivity contribution is 5.73. The molecule has 4 rings (SSSR count). The molecule has 2 fully saturated rings. The fraction of sp³-hybridized carbons (Fsp3) is 0.462. The number of nitrogens with zero attached hydrogens (tertiary/aromatic N) is 2. The quantitative estimate of drug-likeness (QED) is 0.735. The Labute approximate surface area is 190 Å². The summed E-state index contributed by atoms with van der Waals surface area (Å²) < 4.78 is 0. The van der Waals surface area contributed by atoms with Crippen molar-refractivity contribution in [2.24, 2.45) is 0 Å². The third-order valence-corrected chi connectivity index (χ3v) is 6.46. The minimum atomic E-state index is 0.156. The van der Waals surface area contributed by atoms with Gasteiger partial charge in [0.2, 0.25) is 11.8 Å². The summed E-state index contributed by atoms with van der Waals surface area (Å²) in [4.78, 5) is 26.4. The molecule has 0 bridgehead atoms. The average molecular weight is 439 g/mol. The molecule has 6 heteroatoms. The van der Waals surface area contributed by atoms with Crippen molar-refractivity contribution in [1.82, 2.24) is 9.80 Å². The second kappa shape index (κ2) is 11.0. The van der Waals surface area contributed by atoms with Crippen LogP contribution in [0.2, 0.25) is 0 Å². The Morgan fingerprint density at radius 1 is 0.688 bits per heavy atom. The topological polar surface area (TPSA) is 81.1 Å². The number of likely N-dealkylation sites (tertiary alicyclic amines) is 2. The molecule has 0 aliphatic carbocycles. The van der Waals surface area contributed by atoms with Crippen LogP contribution in [0.1, 0.15) is 62.5 Å². The maximum Gasteiger partial charge on any atom is 0.219 e. The maximum atomic E-state index is 11.3. The molecule has 0 aromatic heterocycles. The van der Waals surface area contributed by atoms with Crippen LogP contribution in [0.15, 0.2) is 48.5 Å². The van der Waals surface area contributed by atoms with E-state index in [1.54, 1.807) is 38.1 Å². The molecule has 6 nitrogen and oxygen atoms in total. The summed E-state index contributed by atoms with van der Waals surface area (Å²) in [5, 5.41) is 18.5. The molecule has 0 saturated carbocycles. The number of rotatable bonds is 2. The molecule has 2 amide bonds. The first kappa shape index (κ1) is 23.6. The van der Waals surface area contributed by atoms with Gasteiger partial charge in [0.15, 0.2) is 0 Å². The predicted molar refractivity (Wildman–Crippen MR) is 125 cm³/mol. The van der Waals surface area contributed by atoms with Gasteiger partial charge in [0.1, 0.15) is 11.5 Å². The molecule has 2 aromatic carbocycles. The van der Waals surface area contributed by atoms with E-state index in [9.17, 15) is 19.8 Å². The number of hydrogen-bond acceptors (Lipinski definition) is 4. The van der Waals surface area contributed by atoms with Crippen molar-refractivity contribution < 1.29 is 19.8 Å². The molecule has 2 aromatic rings. The van der Waals surface area contributed by atoms with Gasteiger partial charge in [-0.2, -0.15) is 0 Å². The van der Waals surface area contributed by atoms with Gasteiger partial charge in [-0.3, -0.25) is 9.59 Å². The van der Waals surface area contributed by atoms with E-state index in [-0.39, 0.29) is 11.8 Å². The van der Waals surface area contributed by atoms with E-state index >= 15 is 0 Å². The second-order valence-electron chi connectivity index (χ2n) is 8.79. The van der Waals surface area contributed by atoms with Gasteiger partial charge in [-0.15, -0.1) is 0 Å². The van der Waals surface area contributed by atoms with Crippen LogP contribution in [-0.2, 0) is 9.59 Å². The number of carbonyl (C=O) groups is 2. The molecule has 2 aliphatic rings. The predicted octanol–water partition coefficient (Wildman–Crippen LogP) is 4.24. The summed E-state index contributed by atoms with van der Waals surface area (Å²) in [5.74, 6) is 1.73. The molecule has 172 valence electrons. The monoisotopic (exact) mass is 438 g/mol. The average Bonchev–Trinajstić information content (AvgIpc) is 2.80. The lowest BCUT2D eigenvalue weighted by molar-refractivity contribution is -0.130. The molecule has 2 atom stereocenters. The number of phenolic OH excluding ortho intramolecular Hbond substituents is 2. The van der Waals surface area contributed by atoms with E-state index in [0.717, 1.165) is 51.9 Å². The summed E-state index contributed by atoms with van der Waals surface area (Å²) in [6, 6.07) is 14.6. The Bertz CT molecular complexity index is 820. The van der Waals surface area contributed by atoms with Crippen LogP contribution < -0.4 is 0 Å². The lowest BCUT2D eigenvalue weighted by Crippen LogP contribution is -2.37. The first-order valence-corrected chi connectivity index (χ1v) is 11.4. The summed E-state index contributed by atoms with van der Waals surface area (Å²) >= 11 is 0. The minimum Gasteiger partial charge on any atom is -0.508 e. The zero-order chi connectivity index (χ0) is 23.1.